The number of aliphatic hydroxyl groups is 1. The van der Waals surface area contributed by atoms with Gasteiger partial charge in [-0.2, -0.15) is 0 Å². The predicted molar refractivity (Wildman–Crippen MR) is 67.0 cm³/mol. The summed E-state index contributed by atoms with van der Waals surface area (Å²) in [7, 11) is 0. The van der Waals surface area contributed by atoms with Crippen LogP contribution in [0.1, 0.15) is 12.2 Å². The Hall–Kier alpha value is -1.32. The van der Waals surface area contributed by atoms with E-state index < -0.39 is 0 Å². The molecule has 1 aliphatic heterocycles. The van der Waals surface area contributed by atoms with Crippen molar-refractivity contribution in [1.29, 1.82) is 0 Å². The molecule has 1 aromatic heterocycles. The van der Waals surface area contributed by atoms with Crippen molar-refractivity contribution in [2.75, 3.05) is 0 Å². The van der Waals surface area contributed by atoms with Gasteiger partial charge in [0, 0.05) is 29.7 Å². The second kappa shape index (κ2) is 4.17. The van der Waals surface area contributed by atoms with Crippen LogP contribution in [-0.4, -0.2) is 20.8 Å². The summed E-state index contributed by atoms with van der Waals surface area (Å²) in [5, 5.41) is 10.3. The number of aromatic nitrogens is 2. The summed E-state index contributed by atoms with van der Waals surface area (Å²) in [5.74, 6) is 1.06. The van der Waals surface area contributed by atoms with Crippen molar-refractivity contribution < 1.29 is 5.11 Å². The summed E-state index contributed by atoms with van der Waals surface area (Å²) in [5.41, 5.74) is 2.01. The van der Waals surface area contributed by atoms with Crippen molar-refractivity contribution in [3.63, 3.8) is 0 Å². The van der Waals surface area contributed by atoms with Crippen LogP contribution in [0.5, 0.6) is 0 Å². The average Bonchev–Trinajstić information content (AvgIpc) is 2.72. The summed E-state index contributed by atoms with van der Waals surface area (Å²) in [6.45, 7) is 0.649. The Morgan fingerprint density at radius 1 is 1.29 bits per heavy atom. The van der Waals surface area contributed by atoms with Crippen molar-refractivity contribution >= 4 is 11.6 Å². The van der Waals surface area contributed by atoms with Crippen LogP contribution in [0.4, 0.5) is 0 Å². The third-order valence-corrected chi connectivity index (χ3v) is 3.36. The molecule has 0 saturated carbocycles. The monoisotopic (exact) mass is 248 g/mol. The van der Waals surface area contributed by atoms with Gasteiger partial charge in [0.15, 0.2) is 0 Å². The van der Waals surface area contributed by atoms with Gasteiger partial charge in [0.1, 0.15) is 5.82 Å². The van der Waals surface area contributed by atoms with E-state index in [0.717, 1.165) is 34.9 Å². The van der Waals surface area contributed by atoms with E-state index in [-0.39, 0.29) is 6.10 Å². The van der Waals surface area contributed by atoms with Gasteiger partial charge in [-0.05, 0) is 18.6 Å². The zero-order chi connectivity index (χ0) is 11.8. The van der Waals surface area contributed by atoms with Crippen molar-refractivity contribution in [3.05, 3.63) is 41.3 Å². The third kappa shape index (κ3) is 2.08. The largest absolute Gasteiger partial charge is 0.391 e. The normalized spacial score (nSPS) is 19.1. The number of rotatable bonds is 1. The van der Waals surface area contributed by atoms with Gasteiger partial charge in [0.2, 0.25) is 0 Å². The highest BCUT2D eigenvalue weighted by Crippen LogP contribution is 2.23. The Balaban J connectivity index is 1.97. The van der Waals surface area contributed by atoms with E-state index in [9.17, 15) is 5.11 Å². The van der Waals surface area contributed by atoms with Crippen LogP contribution in [0, 0.1) is 0 Å². The summed E-state index contributed by atoms with van der Waals surface area (Å²) in [6.07, 6.45) is 3.40. The minimum atomic E-state index is -0.241. The Labute approximate surface area is 105 Å². The molecule has 0 radical (unpaired) electrons. The lowest BCUT2D eigenvalue weighted by molar-refractivity contribution is 0.130. The summed E-state index contributed by atoms with van der Waals surface area (Å²) in [4.78, 5) is 4.59. The van der Waals surface area contributed by atoms with Crippen LogP contribution in [0.2, 0.25) is 5.02 Å². The first-order valence-corrected chi connectivity index (χ1v) is 6.10. The average molecular weight is 249 g/mol. The minimum Gasteiger partial charge on any atom is -0.391 e. The van der Waals surface area contributed by atoms with Crippen LogP contribution in [0.25, 0.3) is 11.3 Å². The smallest absolute Gasteiger partial charge is 0.109 e. The fourth-order valence-electron chi connectivity index (χ4n) is 2.19. The molecular formula is C13H13ClN2O. The number of halogens is 1. The number of imidazole rings is 1. The van der Waals surface area contributed by atoms with E-state index in [1.807, 2.05) is 35.0 Å². The quantitative estimate of drug-likeness (QED) is 0.842. The molecule has 1 aromatic carbocycles. The fraction of sp³-hybridized carbons (Fsp3) is 0.308. The molecule has 3 rings (SSSR count). The van der Waals surface area contributed by atoms with Crippen LogP contribution in [0.3, 0.4) is 0 Å². The molecule has 1 atom stereocenters. The lowest BCUT2D eigenvalue weighted by Gasteiger charge is -2.18. The Morgan fingerprint density at radius 3 is 2.82 bits per heavy atom. The van der Waals surface area contributed by atoms with Crippen molar-refractivity contribution in [1.82, 2.24) is 9.55 Å². The van der Waals surface area contributed by atoms with Gasteiger partial charge in [-0.3, -0.25) is 0 Å². The Bertz CT molecular complexity index is 533. The highest BCUT2D eigenvalue weighted by atomic mass is 35.5. The van der Waals surface area contributed by atoms with E-state index in [2.05, 4.69) is 4.98 Å². The maximum absolute atomic E-state index is 9.61. The summed E-state index contributed by atoms with van der Waals surface area (Å²) < 4.78 is 2.04. The molecule has 3 nitrogen and oxygen atoms in total. The fourth-order valence-corrected chi connectivity index (χ4v) is 2.31. The molecule has 0 spiro atoms. The van der Waals surface area contributed by atoms with Gasteiger partial charge in [-0.1, -0.05) is 23.7 Å². The number of fused-ring (bicyclic) bond motifs is 1. The number of hydrogen-bond acceptors (Lipinski definition) is 2. The maximum Gasteiger partial charge on any atom is 0.109 e. The Kier molecular flexibility index (Phi) is 2.65. The van der Waals surface area contributed by atoms with E-state index in [0.29, 0.717) is 6.54 Å². The van der Waals surface area contributed by atoms with E-state index in [1.165, 1.54) is 0 Å². The SMILES string of the molecule is OC1CCc2nc(-c3ccc(Cl)cc3)cn2C1. The van der Waals surface area contributed by atoms with Gasteiger partial charge in [0.05, 0.1) is 11.8 Å². The van der Waals surface area contributed by atoms with Crippen LogP contribution in [0.15, 0.2) is 30.5 Å². The second-order valence-electron chi connectivity index (χ2n) is 4.39. The van der Waals surface area contributed by atoms with Gasteiger partial charge in [0.25, 0.3) is 0 Å². The van der Waals surface area contributed by atoms with Crippen molar-refractivity contribution in [3.8, 4) is 11.3 Å². The first-order chi connectivity index (χ1) is 8.22. The zero-order valence-corrected chi connectivity index (χ0v) is 10.1. The molecule has 0 fully saturated rings. The zero-order valence-electron chi connectivity index (χ0n) is 9.31. The maximum atomic E-state index is 9.61. The molecule has 2 aromatic rings. The molecule has 1 N–H and O–H groups in total. The van der Waals surface area contributed by atoms with Gasteiger partial charge >= 0.3 is 0 Å². The second-order valence-corrected chi connectivity index (χ2v) is 4.83. The van der Waals surface area contributed by atoms with Gasteiger partial charge in [-0.15, -0.1) is 0 Å². The van der Waals surface area contributed by atoms with Gasteiger partial charge < -0.3 is 9.67 Å². The number of nitrogens with zero attached hydrogens (tertiary/aromatic N) is 2. The standard InChI is InChI=1S/C13H13ClN2O/c14-10-3-1-9(2-4-10)12-8-16-7-11(17)5-6-13(16)15-12/h1-4,8,11,17H,5-7H2. The van der Waals surface area contributed by atoms with Crippen LogP contribution in [-0.2, 0) is 13.0 Å². The van der Waals surface area contributed by atoms with Crippen molar-refractivity contribution in [2.24, 2.45) is 0 Å². The first-order valence-electron chi connectivity index (χ1n) is 5.72. The molecule has 4 heteroatoms. The Morgan fingerprint density at radius 2 is 2.06 bits per heavy atom. The van der Waals surface area contributed by atoms with E-state index >= 15 is 0 Å². The van der Waals surface area contributed by atoms with Gasteiger partial charge in [-0.25, -0.2) is 4.98 Å². The molecule has 88 valence electrons. The molecule has 0 amide bonds. The molecule has 17 heavy (non-hydrogen) atoms. The van der Waals surface area contributed by atoms with E-state index in [1.54, 1.807) is 0 Å². The summed E-state index contributed by atoms with van der Waals surface area (Å²) in [6, 6.07) is 7.66. The van der Waals surface area contributed by atoms with Crippen molar-refractivity contribution in [2.45, 2.75) is 25.5 Å². The number of aryl methyl sites for hydroxylation is 1. The van der Waals surface area contributed by atoms with Crippen LogP contribution >= 0.6 is 11.6 Å². The molecule has 0 aliphatic carbocycles. The number of hydrogen-bond donors (Lipinski definition) is 1. The molecular weight excluding hydrogens is 236 g/mol. The molecule has 1 unspecified atom stereocenters. The molecule has 2 heterocycles. The molecule has 1 aliphatic rings. The van der Waals surface area contributed by atoms with Crippen LogP contribution < -0.4 is 0 Å². The lowest BCUT2D eigenvalue weighted by atomic mass is 10.1. The molecule has 0 bridgehead atoms. The number of benzene rings is 1. The summed E-state index contributed by atoms with van der Waals surface area (Å²) >= 11 is 5.86. The lowest BCUT2D eigenvalue weighted by Crippen LogP contribution is -2.23. The highest BCUT2D eigenvalue weighted by molar-refractivity contribution is 6.30. The first kappa shape index (κ1) is 10.8. The number of aliphatic hydroxyl groups excluding tert-OH is 1. The highest BCUT2D eigenvalue weighted by Gasteiger charge is 2.18. The minimum absolute atomic E-state index is 0.241. The predicted octanol–water partition coefficient (Wildman–Crippen LogP) is 2.51. The molecule has 0 saturated heterocycles. The van der Waals surface area contributed by atoms with E-state index in [4.69, 9.17) is 11.6 Å². The topological polar surface area (TPSA) is 38.1 Å². The third-order valence-electron chi connectivity index (χ3n) is 3.11.